The van der Waals surface area contributed by atoms with E-state index in [4.69, 9.17) is 9.47 Å². The number of nitrogens with one attached hydrogen (secondary N) is 1. The van der Waals surface area contributed by atoms with Gasteiger partial charge in [-0.25, -0.2) is 31.7 Å². The maximum absolute atomic E-state index is 14.2. The molecule has 1 amide bonds. The number of aliphatic hydroxyl groups excluding tert-OH is 1. The van der Waals surface area contributed by atoms with E-state index in [9.17, 15) is 41.8 Å². The van der Waals surface area contributed by atoms with Gasteiger partial charge in [-0.05, 0) is 35.4 Å². The standard InChI is InChI=1S/C31H23F5N2O6S/c32-23-22(24(33)26(35)27(36)25(23)34)28(40)38-18-4-1-3-17(11-18)31-43-19(14-45-29-20(30(41)42)5-2-10-37-29)12-21(44-31)16-8-6-15(13-39)7-9-16/h1-11,19,21,31,39H,12-14H2,(H,38,40)(H,41,42)/t19-,21+,31+/m1/s1. The molecule has 1 aromatic heterocycles. The maximum atomic E-state index is 14.2. The first-order valence-corrected chi connectivity index (χ1v) is 14.3. The number of rotatable bonds is 9. The summed E-state index contributed by atoms with van der Waals surface area (Å²) in [6.45, 7) is -0.156. The number of aromatic nitrogens is 1. The summed E-state index contributed by atoms with van der Waals surface area (Å²) < 4.78 is 81.6. The number of nitrogens with zero attached hydrogens (tertiary/aromatic N) is 1. The topological polar surface area (TPSA) is 118 Å². The highest BCUT2D eigenvalue weighted by Crippen LogP contribution is 2.40. The second kappa shape index (κ2) is 13.7. The molecule has 3 aromatic carbocycles. The van der Waals surface area contributed by atoms with Crippen molar-refractivity contribution in [2.75, 3.05) is 11.1 Å². The lowest BCUT2D eigenvalue weighted by molar-refractivity contribution is -0.245. The number of benzene rings is 3. The van der Waals surface area contributed by atoms with Crippen molar-refractivity contribution in [1.82, 2.24) is 4.98 Å². The molecule has 14 heteroatoms. The normalized spacial score (nSPS) is 18.0. The Labute approximate surface area is 256 Å². The minimum absolute atomic E-state index is 0.0273. The van der Waals surface area contributed by atoms with E-state index in [2.05, 4.69) is 10.3 Å². The van der Waals surface area contributed by atoms with Gasteiger partial charge in [-0.3, -0.25) is 4.79 Å². The molecule has 0 unspecified atom stereocenters. The van der Waals surface area contributed by atoms with Crippen LogP contribution < -0.4 is 5.32 Å². The van der Waals surface area contributed by atoms with Crippen LogP contribution in [-0.2, 0) is 16.1 Å². The maximum Gasteiger partial charge on any atom is 0.338 e. The molecule has 3 atom stereocenters. The minimum atomic E-state index is -2.38. The van der Waals surface area contributed by atoms with Crippen LogP contribution in [0.5, 0.6) is 0 Å². The zero-order valence-corrected chi connectivity index (χ0v) is 23.8. The highest BCUT2D eigenvalue weighted by Gasteiger charge is 2.33. The average Bonchev–Trinajstić information content (AvgIpc) is 3.05. The smallest absolute Gasteiger partial charge is 0.338 e. The van der Waals surface area contributed by atoms with Crippen molar-refractivity contribution in [3.63, 3.8) is 0 Å². The number of carboxylic acid groups (broad SMARTS) is 1. The molecule has 0 radical (unpaired) electrons. The number of hydrogen-bond donors (Lipinski definition) is 3. The minimum Gasteiger partial charge on any atom is -0.478 e. The van der Waals surface area contributed by atoms with Crippen molar-refractivity contribution in [3.8, 4) is 0 Å². The van der Waals surface area contributed by atoms with E-state index >= 15 is 0 Å². The first kappa shape index (κ1) is 32.0. The van der Waals surface area contributed by atoms with E-state index in [1.165, 1.54) is 48.3 Å². The number of amides is 1. The van der Waals surface area contributed by atoms with Crippen LogP contribution in [0.2, 0.25) is 0 Å². The lowest BCUT2D eigenvalue weighted by Gasteiger charge is -2.36. The molecule has 5 rings (SSSR count). The quantitative estimate of drug-likeness (QED) is 0.0811. The molecule has 1 aliphatic rings. The average molecular weight is 647 g/mol. The lowest BCUT2D eigenvalue weighted by atomic mass is 10.0. The van der Waals surface area contributed by atoms with Gasteiger partial charge in [-0.2, -0.15) is 0 Å². The van der Waals surface area contributed by atoms with E-state index in [0.29, 0.717) is 22.6 Å². The summed E-state index contributed by atoms with van der Waals surface area (Å²) in [6.07, 6.45) is -0.267. The monoisotopic (exact) mass is 646 g/mol. The Morgan fingerprint density at radius 2 is 1.58 bits per heavy atom. The van der Waals surface area contributed by atoms with E-state index in [1.807, 2.05) is 0 Å². The van der Waals surface area contributed by atoms with E-state index in [0.717, 1.165) is 5.56 Å². The van der Waals surface area contributed by atoms with Crippen LogP contribution in [0.25, 0.3) is 0 Å². The van der Waals surface area contributed by atoms with Crippen LogP contribution in [0.4, 0.5) is 27.6 Å². The van der Waals surface area contributed by atoms with Gasteiger partial charge in [-0.1, -0.05) is 36.4 Å². The summed E-state index contributed by atoms with van der Waals surface area (Å²) in [5.74, 6) is -13.8. The Hall–Kier alpha value is -4.37. The molecule has 45 heavy (non-hydrogen) atoms. The summed E-state index contributed by atoms with van der Waals surface area (Å²) in [6, 6.07) is 15.7. The molecular weight excluding hydrogens is 623 g/mol. The van der Waals surface area contributed by atoms with Gasteiger partial charge in [-0.15, -0.1) is 11.8 Å². The van der Waals surface area contributed by atoms with Gasteiger partial charge in [0.15, 0.2) is 29.6 Å². The Morgan fingerprint density at radius 3 is 2.24 bits per heavy atom. The SMILES string of the molecule is O=C(O)c1cccnc1SC[C@H]1C[C@@H](c2ccc(CO)cc2)O[C@@H](c2cccc(NC(=O)c3c(F)c(F)c(F)c(F)c3F)c2)O1. The number of hydrogen-bond acceptors (Lipinski definition) is 7. The summed E-state index contributed by atoms with van der Waals surface area (Å²) in [5.41, 5.74) is 0.132. The third-order valence-corrected chi connectivity index (χ3v) is 8.01. The van der Waals surface area contributed by atoms with Gasteiger partial charge in [0.2, 0.25) is 5.82 Å². The first-order valence-electron chi connectivity index (χ1n) is 13.3. The number of aromatic carboxylic acids is 1. The third-order valence-electron chi connectivity index (χ3n) is 6.88. The Kier molecular flexibility index (Phi) is 9.77. The fourth-order valence-electron chi connectivity index (χ4n) is 4.62. The van der Waals surface area contributed by atoms with E-state index in [1.54, 1.807) is 30.3 Å². The van der Waals surface area contributed by atoms with Crippen LogP contribution in [0.3, 0.4) is 0 Å². The van der Waals surface area contributed by atoms with Gasteiger partial charge >= 0.3 is 5.97 Å². The molecule has 0 aliphatic carbocycles. The van der Waals surface area contributed by atoms with Crippen LogP contribution >= 0.6 is 11.8 Å². The molecule has 8 nitrogen and oxygen atoms in total. The van der Waals surface area contributed by atoms with Gasteiger partial charge < -0.3 is 25.0 Å². The number of ether oxygens (including phenoxy) is 2. The van der Waals surface area contributed by atoms with Crippen molar-refractivity contribution < 1.29 is 51.2 Å². The van der Waals surface area contributed by atoms with Gasteiger partial charge in [0, 0.05) is 29.6 Å². The number of aliphatic hydroxyl groups is 1. The van der Waals surface area contributed by atoms with E-state index in [-0.39, 0.29) is 23.6 Å². The van der Waals surface area contributed by atoms with Crippen LogP contribution in [0, 0.1) is 29.1 Å². The molecule has 1 aliphatic heterocycles. The van der Waals surface area contributed by atoms with Crippen LogP contribution in [-0.4, -0.2) is 38.9 Å². The van der Waals surface area contributed by atoms with Crippen molar-refractivity contribution in [1.29, 1.82) is 0 Å². The van der Waals surface area contributed by atoms with E-state index < -0.39 is 65.0 Å². The highest BCUT2D eigenvalue weighted by molar-refractivity contribution is 7.99. The van der Waals surface area contributed by atoms with Gasteiger partial charge in [0.05, 0.1) is 24.4 Å². The number of thioether (sulfide) groups is 1. The second-order valence-electron chi connectivity index (χ2n) is 9.85. The predicted molar refractivity (Wildman–Crippen MR) is 151 cm³/mol. The summed E-state index contributed by atoms with van der Waals surface area (Å²) in [7, 11) is 0. The molecule has 1 saturated heterocycles. The van der Waals surface area contributed by atoms with Crippen LogP contribution in [0.1, 0.15) is 56.2 Å². The van der Waals surface area contributed by atoms with Gasteiger partial charge in [0.25, 0.3) is 5.91 Å². The number of halogens is 5. The largest absolute Gasteiger partial charge is 0.478 e. The fraction of sp³-hybridized carbons (Fsp3) is 0.194. The zero-order valence-electron chi connectivity index (χ0n) is 23.0. The number of carbonyl (C=O) groups is 2. The molecule has 3 N–H and O–H groups in total. The Bertz CT molecular complexity index is 1710. The third kappa shape index (κ3) is 6.99. The summed E-state index contributed by atoms with van der Waals surface area (Å²) in [5, 5.41) is 21.4. The molecule has 234 valence electrons. The molecule has 4 aromatic rings. The summed E-state index contributed by atoms with van der Waals surface area (Å²) >= 11 is 1.18. The fourth-order valence-corrected chi connectivity index (χ4v) is 5.63. The molecule has 0 saturated carbocycles. The molecule has 0 spiro atoms. The molecular formula is C31H23F5N2O6S. The molecule has 0 bridgehead atoms. The Balaban J connectivity index is 1.40. The summed E-state index contributed by atoms with van der Waals surface area (Å²) in [4.78, 5) is 28.4. The van der Waals surface area contributed by atoms with Crippen molar-refractivity contribution in [3.05, 3.63) is 124 Å². The van der Waals surface area contributed by atoms with Crippen molar-refractivity contribution in [2.24, 2.45) is 0 Å². The van der Waals surface area contributed by atoms with Gasteiger partial charge in [0.1, 0.15) is 10.6 Å². The number of pyridine rings is 1. The first-order chi connectivity index (χ1) is 21.6. The van der Waals surface area contributed by atoms with Crippen molar-refractivity contribution >= 4 is 29.3 Å². The predicted octanol–water partition coefficient (Wildman–Crippen LogP) is 6.56. The van der Waals surface area contributed by atoms with Crippen molar-refractivity contribution in [2.45, 2.75) is 36.6 Å². The lowest BCUT2D eigenvalue weighted by Crippen LogP contribution is -2.31. The number of carboxylic acids is 1. The molecule has 1 fully saturated rings. The van der Waals surface area contributed by atoms with Crippen LogP contribution in [0.15, 0.2) is 71.9 Å². The second-order valence-corrected chi connectivity index (χ2v) is 10.9. The molecule has 2 heterocycles. The zero-order chi connectivity index (χ0) is 32.2. The number of anilines is 1. The number of carbonyl (C=O) groups excluding carboxylic acids is 1. The highest BCUT2D eigenvalue weighted by atomic mass is 32.2. The Morgan fingerprint density at radius 1 is 0.889 bits per heavy atom.